The first-order chi connectivity index (χ1) is 12.9. The number of esters is 1. The highest BCUT2D eigenvalue weighted by molar-refractivity contribution is 7.16. The predicted octanol–water partition coefficient (Wildman–Crippen LogP) is 2.58. The summed E-state index contributed by atoms with van der Waals surface area (Å²) in [7, 11) is 0. The molecule has 136 valence electrons. The van der Waals surface area contributed by atoms with Crippen LogP contribution in [0.15, 0.2) is 44.3 Å². The van der Waals surface area contributed by atoms with Crippen molar-refractivity contribution in [2.24, 2.45) is 0 Å². The Morgan fingerprint density at radius 2 is 2.11 bits per heavy atom. The van der Waals surface area contributed by atoms with Crippen molar-refractivity contribution < 1.29 is 13.9 Å². The van der Waals surface area contributed by atoms with Crippen LogP contribution in [0.1, 0.15) is 21.3 Å². The van der Waals surface area contributed by atoms with Gasteiger partial charge in [-0.3, -0.25) is 9.59 Å². The van der Waals surface area contributed by atoms with E-state index in [4.69, 9.17) is 20.8 Å². The van der Waals surface area contributed by atoms with Crippen molar-refractivity contribution in [3.8, 4) is 0 Å². The monoisotopic (exact) mass is 403 g/mol. The molecule has 0 aliphatic rings. The van der Waals surface area contributed by atoms with Crippen LogP contribution in [0, 0.1) is 6.92 Å². The number of hydrogen-bond donors (Lipinski definition) is 0. The summed E-state index contributed by atoms with van der Waals surface area (Å²) in [5.74, 6) is -1.05. The highest BCUT2D eigenvalue weighted by atomic mass is 35.5. The third-order valence-electron chi connectivity index (χ3n) is 3.63. The van der Waals surface area contributed by atoms with Crippen molar-refractivity contribution >= 4 is 44.8 Å². The number of aromatic nitrogens is 3. The van der Waals surface area contributed by atoms with E-state index < -0.39 is 11.4 Å². The van der Waals surface area contributed by atoms with E-state index in [1.54, 1.807) is 13.0 Å². The van der Waals surface area contributed by atoms with Gasteiger partial charge in [0, 0.05) is 22.8 Å². The van der Waals surface area contributed by atoms with Gasteiger partial charge in [-0.2, -0.15) is 9.61 Å². The predicted molar refractivity (Wildman–Crippen MR) is 98.5 cm³/mol. The summed E-state index contributed by atoms with van der Waals surface area (Å²) in [6.45, 7) is 1.52. The van der Waals surface area contributed by atoms with E-state index in [1.165, 1.54) is 18.2 Å². The molecule has 0 aliphatic carbocycles. The molecule has 0 unspecified atom stereocenters. The van der Waals surface area contributed by atoms with Crippen LogP contribution in [-0.4, -0.2) is 20.6 Å². The van der Waals surface area contributed by atoms with Crippen molar-refractivity contribution in [3.05, 3.63) is 72.4 Å². The Kier molecular flexibility index (Phi) is 4.25. The van der Waals surface area contributed by atoms with E-state index in [0.29, 0.717) is 20.7 Å². The SMILES string of the molecule is Cc1cc(=O)n2nc(COC(=O)c3cc(=O)c4cc(Cl)ccc4o3)sc2n1. The van der Waals surface area contributed by atoms with Gasteiger partial charge in [0.2, 0.25) is 10.7 Å². The Balaban J connectivity index is 1.59. The lowest BCUT2D eigenvalue weighted by atomic mass is 10.2. The summed E-state index contributed by atoms with van der Waals surface area (Å²) in [5.41, 5.74) is 0.0812. The number of benzene rings is 1. The molecule has 0 saturated heterocycles. The average Bonchev–Trinajstić information content (AvgIpc) is 3.03. The molecule has 0 bridgehead atoms. The number of hydrogen-bond acceptors (Lipinski definition) is 8. The lowest BCUT2D eigenvalue weighted by Gasteiger charge is -2.03. The molecular formula is C17H10ClN3O5S. The van der Waals surface area contributed by atoms with Gasteiger partial charge in [-0.25, -0.2) is 9.78 Å². The van der Waals surface area contributed by atoms with E-state index >= 15 is 0 Å². The minimum Gasteiger partial charge on any atom is -0.452 e. The fourth-order valence-corrected chi connectivity index (χ4v) is 3.48. The van der Waals surface area contributed by atoms with Crippen molar-refractivity contribution in [3.63, 3.8) is 0 Å². The Morgan fingerprint density at radius 3 is 2.93 bits per heavy atom. The molecule has 8 nitrogen and oxygen atoms in total. The first-order valence-electron chi connectivity index (χ1n) is 7.67. The molecule has 4 rings (SSSR count). The fourth-order valence-electron chi connectivity index (χ4n) is 2.45. The third kappa shape index (κ3) is 3.34. The number of carbonyl (C=O) groups is 1. The number of ether oxygens (including phenoxy) is 1. The summed E-state index contributed by atoms with van der Waals surface area (Å²) >= 11 is 6.98. The van der Waals surface area contributed by atoms with Gasteiger partial charge in [0.15, 0.2) is 10.4 Å². The maximum Gasteiger partial charge on any atom is 0.374 e. The molecule has 0 spiro atoms. The second-order valence-corrected chi connectivity index (χ2v) is 7.09. The lowest BCUT2D eigenvalue weighted by molar-refractivity contribution is 0.0435. The molecular weight excluding hydrogens is 394 g/mol. The zero-order valence-corrected chi connectivity index (χ0v) is 15.3. The Hall–Kier alpha value is -3.04. The van der Waals surface area contributed by atoms with Crippen LogP contribution in [0.5, 0.6) is 0 Å². The van der Waals surface area contributed by atoms with Gasteiger partial charge in [0.25, 0.3) is 5.56 Å². The van der Waals surface area contributed by atoms with Crippen LogP contribution in [0.2, 0.25) is 5.02 Å². The summed E-state index contributed by atoms with van der Waals surface area (Å²) in [5, 5.41) is 5.11. The minimum atomic E-state index is -0.820. The van der Waals surface area contributed by atoms with E-state index in [9.17, 15) is 14.4 Å². The van der Waals surface area contributed by atoms with Crippen molar-refractivity contribution in [1.29, 1.82) is 0 Å². The van der Waals surface area contributed by atoms with Gasteiger partial charge in [0.05, 0.1) is 5.39 Å². The van der Waals surface area contributed by atoms with Crippen LogP contribution >= 0.6 is 22.9 Å². The van der Waals surface area contributed by atoms with Gasteiger partial charge in [-0.15, -0.1) is 0 Å². The van der Waals surface area contributed by atoms with Gasteiger partial charge < -0.3 is 9.15 Å². The van der Waals surface area contributed by atoms with E-state index in [-0.39, 0.29) is 28.9 Å². The molecule has 0 radical (unpaired) electrons. The summed E-state index contributed by atoms with van der Waals surface area (Å²) in [6.07, 6.45) is 0. The number of carbonyl (C=O) groups excluding carboxylic acids is 1. The molecule has 4 aromatic rings. The molecule has 0 atom stereocenters. The lowest BCUT2D eigenvalue weighted by Crippen LogP contribution is -2.14. The standard InChI is InChI=1S/C17H10ClN3O5S/c1-8-4-15(23)21-17(19-8)27-14(20-21)7-25-16(24)13-6-11(22)10-5-9(18)2-3-12(10)26-13/h2-6H,7H2,1H3. The van der Waals surface area contributed by atoms with E-state index in [2.05, 4.69) is 10.1 Å². The largest absolute Gasteiger partial charge is 0.452 e. The number of aryl methyl sites for hydroxylation is 1. The fraction of sp³-hybridized carbons (Fsp3) is 0.118. The van der Waals surface area contributed by atoms with Gasteiger partial charge >= 0.3 is 5.97 Å². The number of nitrogens with zero attached hydrogens (tertiary/aromatic N) is 3. The maximum atomic E-state index is 12.2. The van der Waals surface area contributed by atoms with Gasteiger partial charge in [-0.05, 0) is 25.1 Å². The first-order valence-corrected chi connectivity index (χ1v) is 8.87. The first kappa shape index (κ1) is 17.4. The summed E-state index contributed by atoms with van der Waals surface area (Å²) in [4.78, 5) is 40.8. The average molecular weight is 404 g/mol. The molecule has 0 saturated carbocycles. The molecule has 0 aliphatic heterocycles. The molecule has 0 amide bonds. The molecule has 0 fully saturated rings. The van der Waals surface area contributed by atoms with Crippen molar-refractivity contribution in [1.82, 2.24) is 14.6 Å². The normalized spacial score (nSPS) is 11.2. The van der Waals surface area contributed by atoms with Crippen LogP contribution in [0.25, 0.3) is 15.9 Å². The molecule has 10 heteroatoms. The highest BCUT2D eigenvalue weighted by Gasteiger charge is 2.16. The number of fused-ring (bicyclic) bond motifs is 2. The molecule has 0 N–H and O–H groups in total. The number of halogens is 1. The van der Waals surface area contributed by atoms with Crippen molar-refractivity contribution in [2.45, 2.75) is 13.5 Å². The number of rotatable bonds is 3. The van der Waals surface area contributed by atoms with Crippen LogP contribution in [0.3, 0.4) is 0 Å². The zero-order chi connectivity index (χ0) is 19.1. The Bertz CT molecular complexity index is 1320. The smallest absolute Gasteiger partial charge is 0.374 e. The third-order valence-corrected chi connectivity index (χ3v) is 4.75. The zero-order valence-electron chi connectivity index (χ0n) is 13.8. The highest BCUT2D eigenvalue weighted by Crippen LogP contribution is 2.19. The van der Waals surface area contributed by atoms with Crippen LogP contribution in [-0.2, 0) is 11.3 Å². The topological polar surface area (TPSA) is 104 Å². The van der Waals surface area contributed by atoms with E-state index in [0.717, 1.165) is 21.9 Å². The quantitative estimate of drug-likeness (QED) is 0.484. The van der Waals surface area contributed by atoms with E-state index in [1.807, 2.05) is 0 Å². The molecule has 3 heterocycles. The van der Waals surface area contributed by atoms with Gasteiger partial charge in [-0.1, -0.05) is 22.9 Å². The summed E-state index contributed by atoms with van der Waals surface area (Å²) < 4.78 is 11.7. The second-order valence-electron chi connectivity index (χ2n) is 5.62. The van der Waals surface area contributed by atoms with Crippen LogP contribution in [0.4, 0.5) is 0 Å². The molecule has 3 aromatic heterocycles. The van der Waals surface area contributed by atoms with Crippen LogP contribution < -0.4 is 11.0 Å². The summed E-state index contributed by atoms with van der Waals surface area (Å²) in [6, 6.07) is 6.93. The molecule has 1 aromatic carbocycles. The Labute approximate surface area is 159 Å². The minimum absolute atomic E-state index is 0.187. The Morgan fingerprint density at radius 1 is 1.30 bits per heavy atom. The van der Waals surface area contributed by atoms with Gasteiger partial charge in [0.1, 0.15) is 12.2 Å². The molecule has 27 heavy (non-hydrogen) atoms. The maximum absolute atomic E-state index is 12.2. The van der Waals surface area contributed by atoms with Crippen molar-refractivity contribution in [2.75, 3.05) is 0 Å². The second kappa shape index (κ2) is 6.60.